The number of benzene rings is 1. The van der Waals surface area contributed by atoms with Gasteiger partial charge in [-0.2, -0.15) is 5.10 Å². The van der Waals surface area contributed by atoms with Gasteiger partial charge in [-0.25, -0.2) is 14.5 Å². The van der Waals surface area contributed by atoms with Gasteiger partial charge in [0.1, 0.15) is 5.75 Å². The van der Waals surface area contributed by atoms with Gasteiger partial charge in [-0.3, -0.25) is 0 Å². The van der Waals surface area contributed by atoms with E-state index in [1.807, 2.05) is 35.9 Å². The molecule has 0 radical (unpaired) electrons. The maximum atomic E-state index is 12.8. The van der Waals surface area contributed by atoms with E-state index in [2.05, 4.69) is 22.2 Å². The van der Waals surface area contributed by atoms with Gasteiger partial charge in [-0.15, -0.1) is 0 Å². The molecule has 8 nitrogen and oxygen atoms in total. The van der Waals surface area contributed by atoms with Gasteiger partial charge in [0.25, 0.3) is 0 Å². The highest BCUT2D eigenvalue weighted by Crippen LogP contribution is 2.32. The molecule has 2 aliphatic rings. The number of hydrogen-bond acceptors (Lipinski definition) is 7. The first-order valence-electron chi connectivity index (χ1n) is 13.2. The molecule has 1 aromatic carbocycles. The third-order valence-electron chi connectivity index (χ3n) is 7.83. The van der Waals surface area contributed by atoms with Gasteiger partial charge in [0, 0.05) is 37.3 Å². The monoisotopic (exact) mass is 491 g/mol. The van der Waals surface area contributed by atoms with Crippen molar-refractivity contribution < 1.29 is 14.3 Å². The molecule has 0 spiro atoms. The van der Waals surface area contributed by atoms with Crippen molar-refractivity contribution in [2.45, 2.75) is 70.1 Å². The Balaban J connectivity index is 1.37. The van der Waals surface area contributed by atoms with E-state index in [0.29, 0.717) is 42.5 Å². The van der Waals surface area contributed by atoms with Gasteiger partial charge < -0.3 is 19.7 Å². The van der Waals surface area contributed by atoms with E-state index in [0.717, 1.165) is 35.4 Å². The third-order valence-corrected chi connectivity index (χ3v) is 7.83. The first kappa shape index (κ1) is 24.7. The quantitative estimate of drug-likeness (QED) is 0.456. The molecule has 8 heteroatoms. The van der Waals surface area contributed by atoms with E-state index < -0.39 is 0 Å². The number of methoxy groups -OCH3 is 1. The highest BCUT2D eigenvalue weighted by atomic mass is 16.5. The SMILES string of the molecule is CCOC(=O)c1ccnc2c1c(CCNC1CC3CCCC(C1)N3C)nn2Cc1ccc(OC)cc1. The summed E-state index contributed by atoms with van der Waals surface area (Å²) in [5.41, 5.74) is 3.22. The fourth-order valence-corrected chi connectivity index (χ4v) is 5.92. The molecule has 2 aromatic heterocycles. The second-order valence-electron chi connectivity index (χ2n) is 10.0. The minimum absolute atomic E-state index is 0.328. The van der Waals surface area contributed by atoms with Crippen molar-refractivity contribution in [1.82, 2.24) is 25.0 Å². The van der Waals surface area contributed by atoms with Crippen LogP contribution >= 0.6 is 0 Å². The predicted octanol–water partition coefficient (Wildman–Crippen LogP) is 3.81. The standard InChI is InChI=1S/C28H37N5O3/c1-4-36-28(34)24-12-14-30-27-26(24)25(31-33(27)18-19-8-10-23(35-3)11-9-19)13-15-29-20-16-21-6-5-7-22(17-20)32(21)2/h8-12,14,20-22,29H,4-7,13,15-18H2,1-3H3. The maximum Gasteiger partial charge on any atom is 0.338 e. The number of pyridine rings is 1. The maximum absolute atomic E-state index is 12.8. The lowest BCUT2D eigenvalue weighted by Crippen LogP contribution is -2.54. The molecule has 0 saturated carbocycles. The third kappa shape index (κ3) is 5.11. The van der Waals surface area contributed by atoms with E-state index in [4.69, 9.17) is 14.6 Å². The summed E-state index contributed by atoms with van der Waals surface area (Å²) < 4.78 is 12.5. The highest BCUT2D eigenvalue weighted by molar-refractivity contribution is 6.03. The first-order valence-corrected chi connectivity index (χ1v) is 13.2. The van der Waals surface area contributed by atoms with Crippen LogP contribution in [0.4, 0.5) is 0 Å². The highest BCUT2D eigenvalue weighted by Gasteiger charge is 2.35. The minimum Gasteiger partial charge on any atom is -0.497 e. The molecule has 0 amide bonds. The van der Waals surface area contributed by atoms with E-state index in [1.165, 1.54) is 32.1 Å². The molecule has 2 saturated heterocycles. The van der Waals surface area contributed by atoms with Gasteiger partial charge in [-0.1, -0.05) is 18.6 Å². The van der Waals surface area contributed by atoms with Crippen LogP contribution in [0.1, 0.15) is 60.6 Å². The Morgan fingerprint density at radius 3 is 2.58 bits per heavy atom. The molecular formula is C28H37N5O3. The summed E-state index contributed by atoms with van der Waals surface area (Å²) in [7, 11) is 3.95. The summed E-state index contributed by atoms with van der Waals surface area (Å²) in [6, 6.07) is 11.6. The number of carbonyl (C=O) groups is 1. The van der Waals surface area contributed by atoms with Gasteiger partial charge in [0.2, 0.25) is 0 Å². The van der Waals surface area contributed by atoms with Crippen molar-refractivity contribution in [3.63, 3.8) is 0 Å². The van der Waals surface area contributed by atoms with Crippen molar-refractivity contribution in [3.8, 4) is 5.75 Å². The molecule has 2 bridgehead atoms. The van der Waals surface area contributed by atoms with Crippen LogP contribution in [0, 0.1) is 0 Å². The van der Waals surface area contributed by atoms with Crippen molar-refractivity contribution >= 4 is 17.0 Å². The average molecular weight is 492 g/mol. The van der Waals surface area contributed by atoms with E-state index in [-0.39, 0.29) is 5.97 Å². The van der Waals surface area contributed by atoms with Gasteiger partial charge in [0.15, 0.2) is 5.65 Å². The number of nitrogens with zero attached hydrogens (tertiary/aromatic N) is 4. The largest absolute Gasteiger partial charge is 0.497 e. The molecule has 2 aliphatic heterocycles. The van der Waals surface area contributed by atoms with Crippen LogP contribution < -0.4 is 10.1 Å². The Labute approximate surface area is 213 Å². The van der Waals surface area contributed by atoms with Crippen LogP contribution in [0.3, 0.4) is 0 Å². The Hall–Kier alpha value is -2.97. The summed E-state index contributed by atoms with van der Waals surface area (Å²) in [4.78, 5) is 20.0. The van der Waals surface area contributed by atoms with Crippen LogP contribution in [0.15, 0.2) is 36.5 Å². The lowest BCUT2D eigenvalue weighted by molar-refractivity contribution is 0.0488. The van der Waals surface area contributed by atoms with Crippen LogP contribution in [0.25, 0.3) is 11.0 Å². The van der Waals surface area contributed by atoms with Crippen LogP contribution in [-0.4, -0.2) is 71.1 Å². The van der Waals surface area contributed by atoms with E-state index in [1.54, 1.807) is 19.4 Å². The zero-order valence-electron chi connectivity index (χ0n) is 21.6. The Morgan fingerprint density at radius 2 is 1.89 bits per heavy atom. The molecule has 1 N–H and O–H groups in total. The summed E-state index contributed by atoms with van der Waals surface area (Å²) in [5.74, 6) is 0.489. The van der Waals surface area contributed by atoms with Crippen LogP contribution in [0.2, 0.25) is 0 Å². The van der Waals surface area contributed by atoms with E-state index >= 15 is 0 Å². The zero-order chi connectivity index (χ0) is 25.1. The summed E-state index contributed by atoms with van der Waals surface area (Å²) >= 11 is 0. The zero-order valence-corrected chi connectivity index (χ0v) is 21.6. The Kier molecular flexibility index (Phi) is 7.53. The number of rotatable bonds is 9. The molecule has 4 heterocycles. The summed E-state index contributed by atoms with van der Waals surface area (Å²) in [6.07, 6.45) is 8.77. The molecule has 192 valence electrons. The topological polar surface area (TPSA) is 81.5 Å². The lowest BCUT2D eigenvalue weighted by atomic mass is 9.82. The van der Waals surface area contributed by atoms with Crippen molar-refractivity contribution in [2.24, 2.45) is 0 Å². The normalized spacial score (nSPS) is 22.0. The summed E-state index contributed by atoms with van der Waals surface area (Å²) in [6.45, 7) is 3.54. The smallest absolute Gasteiger partial charge is 0.338 e. The van der Waals surface area contributed by atoms with Gasteiger partial charge in [-0.05, 0) is 63.4 Å². The molecule has 3 aromatic rings. The molecular weight excluding hydrogens is 454 g/mol. The number of carbonyl (C=O) groups excluding carboxylic acids is 1. The van der Waals surface area contributed by atoms with E-state index in [9.17, 15) is 4.79 Å². The lowest BCUT2D eigenvalue weighted by Gasteiger charge is -2.47. The van der Waals surface area contributed by atoms with Crippen molar-refractivity contribution in [1.29, 1.82) is 0 Å². The second-order valence-corrected chi connectivity index (χ2v) is 10.0. The van der Waals surface area contributed by atoms with Crippen molar-refractivity contribution in [2.75, 3.05) is 27.3 Å². The fourth-order valence-electron chi connectivity index (χ4n) is 5.92. The van der Waals surface area contributed by atoms with Gasteiger partial charge in [0.05, 0.1) is 36.9 Å². The first-order chi connectivity index (χ1) is 17.6. The molecule has 2 fully saturated rings. The molecule has 36 heavy (non-hydrogen) atoms. The second kappa shape index (κ2) is 11.0. The molecule has 2 unspecified atom stereocenters. The number of hydrogen-bond donors (Lipinski definition) is 1. The number of fused-ring (bicyclic) bond motifs is 3. The Bertz CT molecular complexity index is 1180. The van der Waals surface area contributed by atoms with Crippen LogP contribution in [0.5, 0.6) is 5.75 Å². The molecule has 0 aliphatic carbocycles. The van der Waals surface area contributed by atoms with Crippen molar-refractivity contribution in [3.05, 3.63) is 53.3 Å². The number of nitrogens with one attached hydrogen (secondary N) is 1. The average Bonchev–Trinajstić information content (AvgIpc) is 3.22. The molecule has 2 atom stereocenters. The number of esters is 1. The van der Waals surface area contributed by atoms with Crippen LogP contribution in [-0.2, 0) is 17.7 Å². The minimum atomic E-state index is -0.328. The molecule has 5 rings (SSSR count). The number of piperidine rings is 2. The summed E-state index contributed by atoms with van der Waals surface area (Å²) in [5, 5.41) is 9.55. The number of aromatic nitrogens is 3. The van der Waals surface area contributed by atoms with Gasteiger partial charge >= 0.3 is 5.97 Å². The number of ether oxygens (including phenoxy) is 2. The predicted molar refractivity (Wildman–Crippen MR) is 139 cm³/mol. The fraction of sp³-hybridized carbons (Fsp3) is 0.536. The Morgan fingerprint density at radius 1 is 1.14 bits per heavy atom.